The number of hydrogen-bond acceptors (Lipinski definition) is 5. The van der Waals surface area contributed by atoms with Crippen molar-refractivity contribution < 1.29 is 23.8 Å². The average Bonchev–Trinajstić information content (AvgIpc) is 2.68. The molecule has 3 rings (SSSR count). The first-order valence-electron chi connectivity index (χ1n) is 8.00. The fraction of sp³-hybridized carbons (Fsp3) is 0.0476. The molecule has 0 aliphatic rings. The van der Waals surface area contributed by atoms with Gasteiger partial charge in [-0.2, -0.15) is 0 Å². The van der Waals surface area contributed by atoms with Crippen molar-refractivity contribution in [3.8, 4) is 17.2 Å². The van der Waals surface area contributed by atoms with Gasteiger partial charge in [0.1, 0.15) is 22.8 Å². The summed E-state index contributed by atoms with van der Waals surface area (Å²) in [4.78, 5) is 24.6. The number of methoxy groups -OCH3 is 1. The Morgan fingerprint density at radius 2 is 1.30 bits per heavy atom. The number of hydrogen-bond donors (Lipinski definition) is 0. The van der Waals surface area contributed by atoms with E-state index < -0.39 is 11.9 Å². The van der Waals surface area contributed by atoms with Crippen LogP contribution in [0.25, 0.3) is 0 Å². The Balaban J connectivity index is 1.75. The monoisotopic (exact) mass is 382 g/mol. The van der Waals surface area contributed by atoms with Gasteiger partial charge in [-0.3, -0.25) is 0 Å². The van der Waals surface area contributed by atoms with Gasteiger partial charge < -0.3 is 14.2 Å². The topological polar surface area (TPSA) is 61.8 Å². The standard InChI is InChI=1S/C21H15ClO5/c1-25-19-12-5-3-10-17(19)21(24)27-15-8-6-7-14(13-15)26-20(23)16-9-2-4-11-18(16)22/h2-13H,1H3. The minimum atomic E-state index is -0.603. The maximum Gasteiger partial charge on any atom is 0.347 e. The highest BCUT2D eigenvalue weighted by atomic mass is 35.5. The third kappa shape index (κ3) is 4.46. The SMILES string of the molecule is COc1ccccc1C(=O)Oc1cccc(OC(=O)c2ccccc2Cl)c1. The third-order valence-corrected chi connectivity index (χ3v) is 3.98. The quantitative estimate of drug-likeness (QED) is 0.469. The second kappa shape index (κ2) is 8.38. The Bertz CT molecular complexity index is 984. The second-order valence-electron chi connectivity index (χ2n) is 5.43. The fourth-order valence-electron chi connectivity index (χ4n) is 2.37. The van der Waals surface area contributed by atoms with Gasteiger partial charge >= 0.3 is 11.9 Å². The molecule has 6 heteroatoms. The minimum Gasteiger partial charge on any atom is -0.496 e. The van der Waals surface area contributed by atoms with Gasteiger partial charge in [0, 0.05) is 6.07 Å². The molecule has 0 aliphatic heterocycles. The van der Waals surface area contributed by atoms with Crippen LogP contribution in [0.4, 0.5) is 0 Å². The first kappa shape index (κ1) is 18.5. The molecule has 136 valence electrons. The van der Waals surface area contributed by atoms with Crippen LogP contribution < -0.4 is 14.2 Å². The van der Waals surface area contributed by atoms with E-state index in [1.54, 1.807) is 66.7 Å². The van der Waals surface area contributed by atoms with Crippen LogP contribution >= 0.6 is 11.6 Å². The Labute approximate surface area is 161 Å². The van der Waals surface area contributed by atoms with Gasteiger partial charge in [0.05, 0.1) is 17.7 Å². The Kier molecular flexibility index (Phi) is 5.74. The first-order chi connectivity index (χ1) is 13.1. The fourth-order valence-corrected chi connectivity index (χ4v) is 2.58. The zero-order chi connectivity index (χ0) is 19.2. The molecule has 0 unspecified atom stereocenters. The van der Waals surface area contributed by atoms with Crippen LogP contribution in [0.15, 0.2) is 72.8 Å². The van der Waals surface area contributed by atoms with Crippen LogP contribution in [0.2, 0.25) is 5.02 Å². The summed E-state index contributed by atoms with van der Waals surface area (Å²) in [6.07, 6.45) is 0. The summed E-state index contributed by atoms with van der Waals surface area (Å²) < 4.78 is 15.8. The second-order valence-corrected chi connectivity index (χ2v) is 5.84. The molecule has 0 fully saturated rings. The van der Waals surface area contributed by atoms with E-state index in [0.717, 1.165) is 0 Å². The summed E-state index contributed by atoms with van der Waals surface area (Å²) in [5, 5.41) is 0.293. The van der Waals surface area contributed by atoms with E-state index in [0.29, 0.717) is 16.3 Å². The maximum atomic E-state index is 12.4. The molecule has 0 aliphatic carbocycles. The molecule has 0 heterocycles. The van der Waals surface area contributed by atoms with Gasteiger partial charge in [-0.25, -0.2) is 9.59 Å². The molecule has 0 bridgehead atoms. The average molecular weight is 383 g/mol. The predicted octanol–water partition coefficient (Wildman–Crippen LogP) is 4.79. The van der Waals surface area contributed by atoms with E-state index in [4.69, 9.17) is 25.8 Å². The maximum absolute atomic E-state index is 12.4. The third-order valence-electron chi connectivity index (χ3n) is 3.65. The number of carbonyl (C=O) groups is 2. The van der Waals surface area contributed by atoms with Gasteiger partial charge in [0.15, 0.2) is 0 Å². The van der Waals surface area contributed by atoms with E-state index in [-0.39, 0.29) is 17.1 Å². The van der Waals surface area contributed by atoms with E-state index >= 15 is 0 Å². The van der Waals surface area contributed by atoms with E-state index in [1.165, 1.54) is 13.2 Å². The molecule has 5 nitrogen and oxygen atoms in total. The molecular weight excluding hydrogens is 368 g/mol. The normalized spacial score (nSPS) is 10.1. The highest BCUT2D eigenvalue weighted by molar-refractivity contribution is 6.33. The zero-order valence-electron chi connectivity index (χ0n) is 14.3. The molecule has 0 radical (unpaired) electrons. The van der Waals surface area contributed by atoms with Crippen molar-refractivity contribution >= 4 is 23.5 Å². The Morgan fingerprint density at radius 3 is 1.93 bits per heavy atom. The molecule has 27 heavy (non-hydrogen) atoms. The molecule has 0 amide bonds. The number of ether oxygens (including phenoxy) is 3. The van der Waals surface area contributed by atoms with Gasteiger partial charge in [0.2, 0.25) is 0 Å². The van der Waals surface area contributed by atoms with E-state index in [2.05, 4.69) is 0 Å². The van der Waals surface area contributed by atoms with Crippen molar-refractivity contribution in [1.29, 1.82) is 0 Å². The van der Waals surface area contributed by atoms with Gasteiger partial charge in [0.25, 0.3) is 0 Å². The van der Waals surface area contributed by atoms with Crippen molar-refractivity contribution in [2.45, 2.75) is 0 Å². The number of benzene rings is 3. The number of halogens is 1. The summed E-state index contributed by atoms with van der Waals surface area (Å²) in [6.45, 7) is 0. The summed E-state index contributed by atoms with van der Waals surface area (Å²) in [7, 11) is 1.47. The largest absolute Gasteiger partial charge is 0.496 e. The van der Waals surface area contributed by atoms with Gasteiger partial charge in [-0.05, 0) is 36.4 Å². The van der Waals surface area contributed by atoms with Crippen LogP contribution in [-0.4, -0.2) is 19.0 Å². The Morgan fingerprint density at radius 1 is 0.741 bits per heavy atom. The van der Waals surface area contributed by atoms with Crippen molar-refractivity contribution in [3.05, 3.63) is 88.9 Å². The summed E-state index contributed by atoms with van der Waals surface area (Å²) in [6, 6.07) is 19.5. The summed E-state index contributed by atoms with van der Waals surface area (Å²) in [5.74, 6) is -0.319. The van der Waals surface area contributed by atoms with Gasteiger partial charge in [-0.1, -0.05) is 41.9 Å². The van der Waals surface area contributed by atoms with Crippen molar-refractivity contribution in [2.24, 2.45) is 0 Å². The molecule has 0 spiro atoms. The number of carbonyl (C=O) groups excluding carboxylic acids is 2. The number of para-hydroxylation sites is 1. The lowest BCUT2D eigenvalue weighted by molar-refractivity contribution is 0.0730. The van der Waals surface area contributed by atoms with Crippen LogP contribution in [-0.2, 0) is 0 Å². The highest BCUT2D eigenvalue weighted by Gasteiger charge is 2.16. The molecule has 0 atom stereocenters. The lowest BCUT2D eigenvalue weighted by atomic mass is 10.2. The zero-order valence-corrected chi connectivity index (χ0v) is 15.1. The van der Waals surface area contributed by atoms with Crippen molar-refractivity contribution in [3.63, 3.8) is 0 Å². The lowest BCUT2D eigenvalue weighted by Crippen LogP contribution is -2.11. The molecule has 0 saturated heterocycles. The van der Waals surface area contributed by atoms with Crippen molar-refractivity contribution in [1.82, 2.24) is 0 Å². The molecule has 3 aromatic rings. The molecule has 0 N–H and O–H groups in total. The molecule has 0 aromatic heterocycles. The van der Waals surface area contributed by atoms with Crippen LogP contribution in [0, 0.1) is 0 Å². The van der Waals surface area contributed by atoms with E-state index in [9.17, 15) is 9.59 Å². The number of rotatable bonds is 5. The molecule has 0 saturated carbocycles. The number of esters is 2. The molecule has 3 aromatic carbocycles. The highest BCUT2D eigenvalue weighted by Crippen LogP contribution is 2.25. The van der Waals surface area contributed by atoms with Gasteiger partial charge in [-0.15, -0.1) is 0 Å². The summed E-state index contributed by atoms with van der Waals surface area (Å²) in [5.41, 5.74) is 0.536. The molecular formula is C21H15ClO5. The van der Waals surface area contributed by atoms with Crippen LogP contribution in [0.3, 0.4) is 0 Å². The Hall–Kier alpha value is -3.31. The lowest BCUT2D eigenvalue weighted by Gasteiger charge is -2.10. The first-order valence-corrected chi connectivity index (χ1v) is 8.38. The van der Waals surface area contributed by atoms with Crippen molar-refractivity contribution in [2.75, 3.05) is 7.11 Å². The summed E-state index contributed by atoms with van der Waals surface area (Å²) >= 11 is 6.00. The van der Waals surface area contributed by atoms with Crippen LogP contribution in [0.5, 0.6) is 17.2 Å². The predicted molar refractivity (Wildman–Crippen MR) is 101 cm³/mol. The minimum absolute atomic E-state index is 0.227. The van der Waals surface area contributed by atoms with E-state index in [1.807, 2.05) is 0 Å². The smallest absolute Gasteiger partial charge is 0.347 e. The van der Waals surface area contributed by atoms with Crippen LogP contribution in [0.1, 0.15) is 20.7 Å².